The number of aryl methyl sites for hydroxylation is 1. The summed E-state index contributed by atoms with van der Waals surface area (Å²) in [4.78, 5) is 25.2. The van der Waals surface area contributed by atoms with E-state index in [-0.39, 0.29) is 22.8 Å². The minimum Gasteiger partial charge on any atom is -0.506 e. The van der Waals surface area contributed by atoms with Crippen LogP contribution in [0, 0.1) is 0 Å². The van der Waals surface area contributed by atoms with Crippen LogP contribution in [0.3, 0.4) is 0 Å². The number of rotatable bonds is 5. The first-order chi connectivity index (χ1) is 12.5. The molecule has 0 atom stereocenters. The summed E-state index contributed by atoms with van der Waals surface area (Å²) in [5.41, 5.74) is 1.40. The number of nitrogens with one attached hydrogen (secondary N) is 1. The maximum Gasteiger partial charge on any atom is 0.291 e. The second-order valence-corrected chi connectivity index (χ2v) is 5.78. The summed E-state index contributed by atoms with van der Waals surface area (Å²) in [6, 6.07) is 15.8. The van der Waals surface area contributed by atoms with Crippen molar-refractivity contribution in [3.8, 4) is 17.0 Å². The number of hydrogen-bond donors (Lipinski definition) is 2. The molecule has 0 aliphatic carbocycles. The topological polar surface area (TPSA) is 84.2 Å². The van der Waals surface area contributed by atoms with Gasteiger partial charge in [-0.15, -0.1) is 0 Å². The smallest absolute Gasteiger partial charge is 0.291 e. The second kappa shape index (κ2) is 7.23. The van der Waals surface area contributed by atoms with E-state index in [1.165, 1.54) is 17.7 Å². The average Bonchev–Trinajstić information content (AvgIpc) is 2.65. The van der Waals surface area contributed by atoms with Gasteiger partial charge in [-0.1, -0.05) is 42.5 Å². The molecule has 0 unspecified atom stereocenters. The van der Waals surface area contributed by atoms with Crippen LogP contribution in [0.2, 0.25) is 0 Å². The van der Waals surface area contributed by atoms with Crippen molar-refractivity contribution in [1.29, 1.82) is 0 Å². The van der Waals surface area contributed by atoms with Crippen LogP contribution in [0.15, 0.2) is 59.4 Å². The molecule has 2 N–H and O–H groups in total. The Hall–Kier alpha value is -3.41. The van der Waals surface area contributed by atoms with Gasteiger partial charge < -0.3 is 10.4 Å². The minimum atomic E-state index is -0.416. The van der Waals surface area contributed by atoms with E-state index >= 15 is 0 Å². The molecule has 0 aliphatic heterocycles. The zero-order chi connectivity index (χ0) is 18.7. The Morgan fingerprint density at radius 3 is 2.38 bits per heavy atom. The predicted octanol–water partition coefficient (Wildman–Crippen LogP) is 3.58. The Morgan fingerprint density at radius 1 is 1.12 bits per heavy atom. The molecule has 0 amide bonds. The highest BCUT2D eigenvalue weighted by Crippen LogP contribution is 2.30. The first-order valence-electron chi connectivity index (χ1n) is 8.29. The van der Waals surface area contributed by atoms with Crippen LogP contribution in [-0.2, 0) is 6.54 Å². The van der Waals surface area contributed by atoms with Crippen LogP contribution in [0.5, 0.6) is 5.75 Å². The number of para-hydroxylation sites is 2. The zero-order valence-corrected chi connectivity index (χ0v) is 14.6. The summed E-state index contributed by atoms with van der Waals surface area (Å²) in [6.45, 7) is 3.56. The summed E-state index contributed by atoms with van der Waals surface area (Å²) < 4.78 is 1.30. The second-order valence-electron chi connectivity index (χ2n) is 5.78. The van der Waals surface area contributed by atoms with Crippen molar-refractivity contribution in [3.63, 3.8) is 0 Å². The van der Waals surface area contributed by atoms with E-state index in [9.17, 15) is 14.7 Å². The fourth-order valence-electron chi connectivity index (χ4n) is 2.76. The first-order valence-corrected chi connectivity index (χ1v) is 8.29. The Bertz CT molecular complexity index is 1010. The number of carbonyl (C=O) groups is 1. The highest BCUT2D eigenvalue weighted by atomic mass is 16.3. The number of benzene rings is 2. The highest BCUT2D eigenvalue weighted by molar-refractivity contribution is 6.05. The number of aromatic hydroxyl groups is 1. The fraction of sp³-hybridized carbons (Fsp3) is 0.150. The summed E-state index contributed by atoms with van der Waals surface area (Å²) in [6.07, 6.45) is 0. The van der Waals surface area contributed by atoms with Gasteiger partial charge in [0, 0.05) is 12.1 Å². The molecule has 2 aromatic carbocycles. The molecule has 3 rings (SSSR count). The van der Waals surface area contributed by atoms with E-state index in [4.69, 9.17) is 0 Å². The Morgan fingerprint density at radius 2 is 1.77 bits per heavy atom. The summed E-state index contributed by atoms with van der Waals surface area (Å²) in [5, 5.41) is 17.4. The molecule has 0 fully saturated rings. The van der Waals surface area contributed by atoms with Crippen molar-refractivity contribution in [2.45, 2.75) is 20.4 Å². The lowest BCUT2D eigenvalue weighted by atomic mass is 10.0. The van der Waals surface area contributed by atoms with Crippen LogP contribution in [0.25, 0.3) is 11.3 Å². The number of nitrogens with zero attached hydrogens (tertiary/aromatic N) is 2. The molecule has 26 heavy (non-hydrogen) atoms. The van der Waals surface area contributed by atoms with Gasteiger partial charge in [0.15, 0.2) is 5.78 Å². The molecule has 0 radical (unpaired) electrons. The van der Waals surface area contributed by atoms with Gasteiger partial charge in [-0.05, 0) is 26.0 Å². The molecule has 1 heterocycles. The number of Topliss-reactive ketones (excluding diaryl/α,β-unsaturated/α-hetero) is 1. The Kier molecular flexibility index (Phi) is 4.84. The van der Waals surface area contributed by atoms with E-state index in [1.54, 1.807) is 25.1 Å². The van der Waals surface area contributed by atoms with Gasteiger partial charge in [0.25, 0.3) is 5.56 Å². The molecule has 3 aromatic rings. The lowest BCUT2D eigenvalue weighted by molar-refractivity contribution is 0.101. The van der Waals surface area contributed by atoms with Crippen molar-refractivity contribution in [2.75, 3.05) is 5.32 Å². The number of aromatic nitrogens is 2. The van der Waals surface area contributed by atoms with Gasteiger partial charge in [0.1, 0.15) is 17.1 Å². The van der Waals surface area contributed by atoms with E-state index in [0.29, 0.717) is 17.9 Å². The standard InChI is InChI=1S/C20H19N3O3/c1-3-23-20(26)19(21-15-11-7-8-12-16(15)25)17(13(2)24)18(22-23)14-9-5-4-6-10-14/h4-12,21,25H,3H2,1-2H3. The largest absolute Gasteiger partial charge is 0.506 e. The Balaban J connectivity index is 2.30. The minimum absolute atomic E-state index is 0.0116. The van der Waals surface area contributed by atoms with Crippen molar-refractivity contribution in [3.05, 3.63) is 70.5 Å². The molecule has 1 aromatic heterocycles. The predicted molar refractivity (Wildman–Crippen MR) is 101 cm³/mol. The monoisotopic (exact) mass is 349 g/mol. The molecule has 0 aliphatic rings. The number of phenolic OH excluding ortho intramolecular Hbond substituents is 1. The Labute approximate surface area is 150 Å². The van der Waals surface area contributed by atoms with E-state index in [2.05, 4.69) is 10.4 Å². The van der Waals surface area contributed by atoms with Crippen LogP contribution in [-0.4, -0.2) is 20.7 Å². The van der Waals surface area contributed by atoms with Gasteiger partial charge in [-0.3, -0.25) is 9.59 Å². The van der Waals surface area contributed by atoms with Crippen LogP contribution >= 0.6 is 0 Å². The fourth-order valence-corrected chi connectivity index (χ4v) is 2.76. The maximum atomic E-state index is 12.8. The molecule has 0 saturated carbocycles. The SMILES string of the molecule is CCn1nc(-c2ccccc2)c(C(C)=O)c(Nc2ccccc2O)c1=O. The molecule has 0 spiro atoms. The lowest BCUT2D eigenvalue weighted by Crippen LogP contribution is -2.28. The third-order valence-corrected chi connectivity index (χ3v) is 4.02. The highest BCUT2D eigenvalue weighted by Gasteiger charge is 2.22. The summed E-state index contributed by atoms with van der Waals surface area (Å²) in [7, 11) is 0. The summed E-state index contributed by atoms with van der Waals surface area (Å²) >= 11 is 0. The molecule has 6 nitrogen and oxygen atoms in total. The van der Waals surface area contributed by atoms with Crippen LogP contribution in [0.4, 0.5) is 11.4 Å². The quantitative estimate of drug-likeness (QED) is 0.543. The van der Waals surface area contributed by atoms with Crippen molar-refractivity contribution >= 4 is 17.2 Å². The third-order valence-electron chi connectivity index (χ3n) is 4.02. The molecule has 0 bridgehead atoms. The average molecular weight is 349 g/mol. The van der Waals surface area contributed by atoms with Gasteiger partial charge in [-0.2, -0.15) is 5.10 Å². The lowest BCUT2D eigenvalue weighted by Gasteiger charge is -2.16. The molecule has 132 valence electrons. The molecular weight excluding hydrogens is 330 g/mol. The van der Waals surface area contributed by atoms with Gasteiger partial charge in [0.2, 0.25) is 0 Å². The maximum absolute atomic E-state index is 12.8. The van der Waals surface area contributed by atoms with Gasteiger partial charge >= 0.3 is 0 Å². The van der Waals surface area contributed by atoms with E-state index in [1.807, 2.05) is 30.3 Å². The number of ketones is 1. The van der Waals surface area contributed by atoms with Crippen molar-refractivity contribution in [2.24, 2.45) is 0 Å². The third kappa shape index (κ3) is 3.21. The van der Waals surface area contributed by atoms with Crippen LogP contribution < -0.4 is 10.9 Å². The number of anilines is 2. The van der Waals surface area contributed by atoms with Gasteiger partial charge in [-0.25, -0.2) is 4.68 Å². The van der Waals surface area contributed by atoms with E-state index < -0.39 is 5.56 Å². The first kappa shape index (κ1) is 17.4. The van der Waals surface area contributed by atoms with E-state index in [0.717, 1.165) is 5.56 Å². The number of hydrogen-bond acceptors (Lipinski definition) is 5. The van der Waals surface area contributed by atoms with Crippen LogP contribution in [0.1, 0.15) is 24.2 Å². The molecule has 0 saturated heterocycles. The summed E-state index contributed by atoms with van der Waals surface area (Å²) in [5.74, 6) is -0.294. The zero-order valence-electron chi connectivity index (χ0n) is 14.6. The number of phenols is 1. The molecule has 6 heteroatoms. The van der Waals surface area contributed by atoms with Gasteiger partial charge in [0.05, 0.1) is 11.3 Å². The van der Waals surface area contributed by atoms with Crippen molar-refractivity contribution in [1.82, 2.24) is 9.78 Å². The van der Waals surface area contributed by atoms with Crippen molar-refractivity contribution < 1.29 is 9.90 Å². The molecular formula is C20H19N3O3. The normalized spacial score (nSPS) is 10.5. The number of carbonyl (C=O) groups excluding carboxylic acids is 1.